The van der Waals surface area contributed by atoms with Crippen molar-refractivity contribution in [3.05, 3.63) is 81.0 Å². The van der Waals surface area contributed by atoms with Gasteiger partial charge in [-0.1, -0.05) is 29.8 Å². The zero-order valence-electron chi connectivity index (χ0n) is 15.7. The van der Waals surface area contributed by atoms with Crippen molar-refractivity contribution >= 4 is 11.8 Å². The highest BCUT2D eigenvalue weighted by Crippen LogP contribution is 2.22. The maximum Gasteiger partial charge on any atom is 0.336 e. The fourth-order valence-corrected chi connectivity index (χ4v) is 3.34. The van der Waals surface area contributed by atoms with Crippen LogP contribution < -0.4 is 11.2 Å². The van der Waals surface area contributed by atoms with Crippen LogP contribution in [0.15, 0.2) is 69.1 Å². The van der Waals surface area contributed by atoms with Crippen molar-refractivity contribution in [3.8, 4) is 16.9 Å². The standard InChI is InChI=1S/C21H22N2O4S/c1-14-3-5-15(6-4-14)19-11-20(26)22(12-17(25)13-24)21(27)23(19)16-7-9-18(28-2)10-8-16/h3-11,17,24-25H,12-13H2,1-2H3. The fraction of sp³-hybridized carbons (Fsp3) is 0.238. The maximum atomic E-state index is 13.2. The first-order valence-electron chi connectivity index (χ1n) is 8.82. The van der Waals surface area contributed by atoms with Crippen LogP contribution in [0.1, 0.15) is 5.56 Å². The predicted octanol–water partition coefficient (Wildman–Crippen LogP) is 2.05. The van der Waals surface area contributed by atoms with Crippen LogP contribution in [-0.2, 0) is 6.54 Å². The first kappa shape index (κ1) is 20.1. The third kappa shape index (κ3) is 4.11. The van der Waals surface area contributed by atoms with E-state index < -0.39 is 24.0 Å². The summed E-state index contributed by atoms with van der Waals surface area (Å²) < 4.78 is 2.40. The minimum absolute atomic E-state index is 0.273. The van der Waals surface area contributed by atoms with E-state index in [1.54, 1.807) is 11.8 Å². The molecule has 146 valence electrons. The highest BCUT2D eigenvalue weighted by molar-refractivity contribution is 7.98. The molecule has 0 amide bonds. The molecule has 3 aromatic rings. The maximum absolute atomic E-state index is 13.2. The van der Waals surface area contributed by atoms with Gasteiger partial charge in [0, 0.05) is 11.0 Å². The van der Waals surface area contributed by atoms with Crippen molar-refractivity contribution in [2.75, 3.05) is 12.9 Å². The third-order valence-corrected chi connectivity index (χ3v) is 5.21. The summed E-state index contributed by atoms with van der Waals surface area (Å²) in [5.41, 5.74) is 1.81. The van der Waals surface area contributed by atoms with Crippen LogP contribution in [-0.4, -0.2) is 38.3 Å². The monoisotopic (exact) mass is 398 g/mol. The van der Waals surface area contributed by atoms with E-state index in [4.69, 9.17) is 5.11 Å². The van der Waals surface area contributed by atoms with Gasteiger partial charge in [-0.3, -0.25) is 13.9 Å². The lowest BCUT2D eigenvalue weighted by Crippen LogP contribution is -2.42. The summed E-state index contributed by atoms with van der Waals surface area (Å²) in [6.45, 7) is 1.16. The minimum Gasteiger partial charge on any atom is -0.394 e. The number of aromatic nitrogens is 2. The number of aliphatic hydroxyl groups excluding tert-OH is 2. The number of nitrogens with zero attached hydrogens (tertiary/aromatic N) is 2. The van der Waals surface area contributed by atoms with Crippen LogP contribution >= 0.6 is 11.8 Å². The quantitative estimate of drug-likeness (QED) is 0.621. The van der Waals surface area contributed by atoms with E-state index in [1.165, 1.54) is 10.6 Å². The van der Waals surface area contributed by atoms with Gasteiger partial charge in [-0.15, -0.1) is 11.8 Å². The lowest BCUT2D eigenvalue weighted by atomic mass is 10.1. The molecule has 1 unspecified atom stereocenters. The van der Waals surface area contributed by atoms with Crippen molar-refractivity contribution in [1.82, 2.24) is 9.13 Å². The summed E-state index contributed by atoms with van der Waals surface area (Å²) in [5.74, 6) is 0. The van der Waals surface area contributed by atoms with Gasteiger partial charge in [0.25, 0.3) is 5.56 Å². The Morgan fingerprint density at radius 2 is 1.68 bits per heavy atom. The number of aryl methyl sites for hydroxylation is 1. The van der Waals surface area contributed by atoms with Gasteiger partial charge < -0.3 is 10.2 Å². The molecule has 1 aromatic heterocycles. The molecule has 6 nitrogen and oxygen atoms in total. The number of thioether (sulfide) groups is 1. The molecule has 0 aliphatic rings. The molecule has 2 aromatic carbocycles. The molecular weight excluding hydrogens is 376 g/mol. The smallest absolute Gasteiger partial charge is 0.336 e. The highest BCUT2D eigenvalue weighted by atomic mass is 32.2. The Morgan fingerprint density at radius 1 is 1.04 bits per heavy atom. The van der Waals surface area contributed by atoms with E-state index in [0.717, 1.165) is 20.6 Å². The van der Waals surface area contributed by atoms with Crippen LogP contribution in [0.3, 0.4) is 0 Å². The van der Waals surface area contributed by atoms with Crippen molar-refractivity contribution in [3.63, 3.8) is 0 Å². The molecule has 0 bridgehead atoms. The highest BCUT2D eigenvalue weighted by Gasteiger charge is 2.16. The lowest BCUT2D eigenvalue weighted by Gasteiger charge is -2.17. The second-order valence-electron chi connectivity index (χ2n) is 6.50. The molecule has 0 saturated carbocycles. The lowest BCUT2D eigenvalue weighted by molar-refractivity contribution is 0.0791. The summed E-state index contributed by atoms with van der Waals surface area (Å²) in [6, 6.07) is 16.4. The summed E-state index contributed by atoms with van der Waals surface area (Å²) in [5, 5.41) is 18.9. The summed E-state index contributed by atoms with van der Waals surface area (Å²) in [4.78, 5) is 26.8. The van der Waals surface area contributed by atoms with E-state index >= 15 is 0 Å². The predicted molar refractivity (Wildman–Crippen MR) is 111 cm³/mol. The molecule has 0 saturated heterocycles. The topological polar surface area (TPSA) is 84.5 Å². The zero-order valence-corrected chi connectivity index (χ0v) is 16.5. The molecule has 0 aliphatic heterocycles. The first-order valence-corrected chi connectivity index (χ1v) is 10.0. The van der Waals surface area contributed by atoms with Gasteiger partial charge in [-0.05, 0) is 43.0 Å². The van der Waals surface area contributed by atoms with Gasteiger partial charge in [0.15, 0.2) is 0 Å². The number of hydrogen-bond donors (Lipinski definition) is 2. The number of rotatable bonds is 6. The van der Waals surface area contributed by atoms with Gasteiger partial charge in [0.1, 0.15) is 0 Å². The Hall–Kier alpha value is -2.61. The summed E-state index contributed by atoms with van der Waals surface area (Å²) in [7, 11) is 0. The van der Waals surface area contributed by atoms with E-state index in [1.807, 2.05) is 61.7 Å². The largest absolute Gasteiger partial charge is 0.394 e. The zero-order chi connectivity index (χ0) is 20.3. The van der Waals surface area contributed by atoms with Crippen LogP contribution in [0.5, 0.6) is 0 Å². The Kier molecular flexibility index (Phi) is 6.18. The molecule has 2 N–H and O–H groups in total. The Labute approximate surface area is 166 Å². The molecule has 3 rings (SSSR count). The second kappa shape index (κ2) is 8.60. The van der Waals surface area contributed by atoms with Crippen molar-refractivity contribution in [2.24, 2.45) is 0 Å². The van der Waals surface area contributed by atoms with E-state index in [9.17, 15) is 14.7 Å². The van der Waals surface area contributed by atoms with Gasteiger partial charge in [0.2, 0.25) is 0 Å². The average Bonchev–Trinajstić information content (AvgIpc) is 2.71. The molecule has 0 fully saturated rings. The van der Waals surface area contributed by atoms with E-state index in [2.05, 4.69) is 0 Å². The molecule has 0 radical (unpaired) electrons. The SMILES string of the molecule is CSc1ccc(-n2c(-c3ccc(C)cc3)cc(=O)n(CC(O)CO)c2=O)cc1. The normalized spacial score (nSPS) is 12.1. The second-order valence-corrected chi connectivity index (χ2v) is 7.38. The van der Waals surface area contributed by atoms with E-state index in [-0.39, 0.29) is 6.54 Å². The Bertz CT molecular complexity index is 1070. The van der Waals surface area contributed by atoms with Crippen LogP contribution in [0.4, 0.5) is 0 Å². The van der Waals surface area contributed by atoms with Gasteiger partial charge in [0.05, 0.1) is 30.6 Å². The van der Waals surface area contributed by atoms with E-state index in [0.29, 0.717) is 11.4 Å². The molecule has 1 heterocycles. The minimum atomic E-state index is -1.19. The van der Waals surface area contributed by atoms with Gasteiger partial charge in [-0.2, -0.15) is 0 Å². The Morgan fingerprint density at radius 3 is 2.25 bits per heavy atom. The number of aliphatic hydroxyl groups is 2. The summed E-state index contributed by atoms with van der Waals surface area (Å²) >= 11 is 1.59. The molecule has 7 heteroatoms. The van der Waals surface area contributed by atoms with Crippen LogP contribution in [0.25, 0.3) is 16.9 Å². The van der Waals surface area contributed by atoms with Crippen molar-refractivity contribution in [1.29, 1.82) is 0 Å². The molecule has 0 aliphatic carbocycles. The van der Waals surface area contributed by atoms with Gasteiger partial charge in [-0.25, -0.2) is 4.79 Å². The van der Waals surface area contributed by atoms with Crippen molar-refractivity contribution < 1.29 is 10.2 Å². The summed E-state index contributed by atoms with van der Waals surface area (Å²) in [6.07, 6.45) is 0.776. The molecule has 1 atom stereocenters. The Balaban J connectivity index is 2.27. The number of benzene rings is 2. The van der Waals surface area contributed by atoms with Gasteiger partial charge >= 0.3 is 5.69 Å². The average molecular weight is 398 g/mol. The fourth-order valence-electron chi connectivity index (χ4n) is 2.93. The third-order valence-electron chi connectivity index (χ3n) is 4.47. The van der Waals surface area contributed by atoms with Crippen LogP contribution in [0, 0.1) is 6.92 Å². The number of hydrogen-bond acceptors (Lipinski definition) is 5. The molecule has 0 spiro atoms. The van der Waals surface area contributed by atoms with Crippen LogP contribution in [0.2, 0.25) is 0 Å². The van der Waals surface area contributed by atoms with Crippen molar-refractivity contribution in [2.45, 2.75) is 24.5 Å². The molecule has 28 heavy (non-hydrogen) atoms. The molecular formula is C21H22N2O4S. The first-order chi connectivity index (χ1) is 13.4.